The lowest BCUT2D eigenvalue weighted by molar-refractivity contribution is 0.648. The third-order valence-corrected chi connectivity index (χ3v) is 5.85. The predicted octanol–water partition coefficient (Wildman–Crippen LogP) is 8.00. The fraction of sp³-hybridized carbons (Fsp3) is 0.276. The highest BCUT2D eigenvalue weighted by atomic mass is 14.7. The number of pyridine rings is 1. The Bertz CT molecular complexity index is 1190. The van der Waals surface area contributed by atoms with Crippen molar-refractivity contribution in [2.24, 2.45) is 5.92 Å². The highest BCUT2D eigenvalue weighted by Crippen LogP contribution is 2.34. The molecular weight excluding hydrogens is 362 g/mol. The molecule has 4 rings (SSSR count). The Morgan fingerprint density at radius 3 is 1.93 bits per heavy atom. The molecule has 0 spiro atoms. The zero-order valence-electron chi connectivity index (χ0n) is 19.0. The first-order chi connectivity index (χ1) is 14.3. The van der Waals surface area contributed by atoms with Gasteiger partial charge in [0.25, 0.3) is 0 Å². The molecule has 4 aromatic rings. The van der Waals surface area contributed by atoms with Crippen LogP contribution in [0.25, 0.3) is 33.3 Å². The van der Waals surface area contributed by atoms with Crippen molar-refractivity contribution in [2.75, 3.05) is 0 Å². The van der Waals surface area contributed by atoms with Crippen LogP contribution in [0.5, 0.6) is 0 Å². The van der Waals surface area contributed by atoms with Gasteiger partial charge in [0, 0.05) is 10.9 Å². The second-order valence-electron chi connectivity index (χ2n) is 9.14. The molecule has 0 amide bonds. The highest BCUT2D eigenvalue weighted by molar-refractivity contribution is 5.91. The van der Waals surface area contributed by atoms with Crippen LogP contribution in [0.4, 0.5) is 0 Å². The molecule has 1 nitrogen and oxygen atoms in total. The molecule has 0 N–H and O–H groups in total. The van der Waals surface area contributed by atoms with Crippen molar-refractivity contribution in [2.45, 2.75) is 48.0 Å². The van der Waals surface area contributed by atoms with Crippen molar-refractivity contribution in [3.8, 4) is 22.4 Å². The molecule has 0 radical (unpaired) electrons. The third-order valence-electron chi connectivity index (χ3n) is 5.85. The Kier molecular flexibility index (Phi) is 5.47. The van der Waals surface area contributed by atoms with Gasteiger partial charge in [0.2, 0.25) is 0 Å². The van der Waals surface area contributed by atoms with Crippen LogP contribution in [0.3, 0.4) is 0 Å². The Balaban J connectivity index is 1.95. The Morgan fingerprint density at radius 2 is 1.30 bits per heavy atom. The molecule has 0 aliphatic rings. The molecule has 1 heterocycles. The van der Waals surface area contributed by atoms with Gasteiger partial charge in [-0.15, -0.1) is 0 Å². The second-order valence-corrected chi connectivity index (χ2v) is 9.14. The zero-order valence-corrected chi connectivity index (χ0v) is 19.0. The lowest BCUT2D eigenvalue weighted by Gasteiger charge is -2.18. The molecule has 1 heteroatoms. The van der Waals surface area contributed by atoms with E-state index in [2.05, 4.69) is 102 Å². The van der Waals surface area contributed by atoms with Crippen molar-refractivity contribution in [3.05, 3.63) is 88.5 Å². The van der Waals surface area contributed by atoms with Gasteiger partial charge in [-0.1, -0.05) is 66.9 Å². The summed E-state index contributed by atoms with van der Waals surface area (Å²) < 4.78 is 0. The summed E-state index contributed by atoms with van der Waals surface area (Å²) in [5.41, 5.74) is 12.5. The van der Waals surface area contributed by atoms with Crippen LogP contribution >= 0.6 is 0 Å². The molecular formula is C29H31N. The maximum absolute atomic E-state index is 5.14. The zero-order chi connectivity index (χ0) is 21.4. The van der Waals surface area contributed by atoms with E-state index in [4.69, 9.17) is 4.98 Å². The molecule has 0 aliphatic heterocycles. The maximum Gasteiger partial charge on any atom is 0.0741 e. The van der Waals surface area contributed by atoms with Gasteiger partial charge in [-0.25, -0.2) is 4.98 Å². The van der Waals surface area contributed by atoms with Crippen LogP contribution in [0.1, 0.15) is 41.7 Å². The van der Waals surface area contributed by atoms with E-state index < -0.39 is 0 Å². The smallest absolute Gasteiger partial charge is 0.0741 e. The first-order valence-electron chi connectivity index (χ1n) is 10.9. The van der Waals surface area contributed by atoms with Gasteiger partial charge in [0.1, 0.15) is 0 Å². The molecule has 0 aliphatic carbocycles. The first kappa shape index (κ1) is 20.3. The topological polar surface area (TPSA) is 12.9 Å². The summed E-state index contributed by atoms with van der Waals surface area (Å²) in [5.74, 6) is 0.587. The van der Waals surface area contributed by atoms with E-state index in [1.807, 2.05) is 0 Å². The molecule has 0 atom stereocenters. The van der Waals surface area contributed by atoms with E-state index in [9.17, 15) is 0 Å². The normalized spacial score (nSPS) is 11.4. The molecule has 30 heavy (non-hydrogen) atoms. The fourth-order valence-electron chi connectivity index (χ4n) is 4.41. The summed E-state index contributed by atoms with van der Waals surface area (Å²) in [6.07, 6.45) is 1.06. The van der Waals surface area contributed by atoms with Crippen LogP contribution in [0.2, 0.25) is 0 Å². The first-order valence-corrected chi connectivity index (χ1v) is 10.9. The number of hydrogen-bond acceptors (Lipinski definition) is 1. The van der Waals surface area contributed by atoms with E-state index in [1.54, 1.807) is 0 Å². The van der Waals surface area contributed by atoms with Crippen molar-refractivity contribution < 1.29 is 0 Å². The second kappa shape index (κ2) is 8.07. The lowest BCUT2D eigenvalue weighted by atomic mass is 9.90. The maximum atomic E-state index is 5.14. The number of fused-ring (bicyclic) bond motifs is 1. The predicted molar refractivity (Wildman–Crippen MR) is 130 cm³/mol. The van der Waals surface area contributed by atoms with Gasteiger partial charge < -0.3 is 0 Å². The number of nitrogens with zero attached hydrogens (tertiary/aromatic N) is 1. The molecule has 0 saturated carbocycles. The van der Waals surface area contributed by atoms with Crippen LogP contribution in [0.15, 0.2) is 60.7 Å². The van der Waals surface area contributed by atoms with Crippen LogP contribution in [-0.4, -0.2) is 4.98 Å². The van der Waals surface area contributed by atoms with E-state index in [0.717, 1.165) is 17.6 Å². The number of rotatable bonds is 4. The molecule has 1 aromatic heterocycles. The molecule has 0 fully saturated rings. The third kappa shape index (κ3) is 4.03. The largest absolute Gasteiger partial charge is 0.247 e. The van der Waals surface area contributed by atoms with Crippen molar-refractivity contribution in [1.82, 2.24) is 4.98 Å². The minimum Gasteiger partial charge on any atom is -0.247 e. The molecule has 0 unspecified atom stereocenters. The number of hydrogen-bond donors (Lipinski definition) is 0. The van der Waals surface area contributed by atoms with E-state index >= 15 is 0 Å². The molecule has 3 aromatic carbocycles. The quantitative estimate of drug-likeness (QED) is 0.342. The summed E-state index contributed by atoms with van der Waals surface area (Å²) >= 11 is 0. The Hall–Kier alpha value is -2.93. The van der Waals surface area contributed by atoms with E-state index in [-0.39, 0.29) is 0 Å². The van der Waals surface area contributed by atoms with Gasteiger partial charge >= 0.3 is 0 Å². The molecule has 152 valence electrons. The minimum absolute atomic E-state index is 0.587. The minimum atomic E-state index is 0.587. The van der Waals surface area contributed by atoms with Crippen molar-refractivity contribution >= 4 is 10.9 Å². The van der Waals surface area contributed by atoms with Crippen LogP contribution in [-0.2, 0) is 6.42 Å². The van der Waals surface area contributed by atoms with Gasteiger partial charge in [0.15, 0.2) is 0 Å². The lowest BCUT2D eigenvalue weighted by Crippen LogP contribution is -2.03. The monoisotopic (exact) mass is 393 g/mol. The Labute approximate surface area is 180 Å². The van der Waals surface area contributed by atoms with Gasteiger partial charge in [-0.3, -0.25) is 0 Å². The van der Waals surface area contributed by atoms with Gasteiger partial charge in [-0.2, -0.15) is 0 Å². The number of aromatic nitrogens is 1. The van der Waals surface area contributed by atoms with Gasteiger partial charge in [0.05, 0.1) is 11.2 Å². The number of aryl methyl sites for hydroxylation is 3. The summed E-state index contributed by atoms with van der Waals surface area (Å²) in [4.78, 5) is 5.14. The summed E-state index contributed by atoms with van der Waals surface area (Å²) in [7, 11) is 0. The summed E-state index contributed by atoms with van der Waals surface area (Å²) in [6.45, 7) is 13.3. The standard InChI is InChI=1S/C29H31N/c1-18(2)13-26-22(6)29(25-15-20(4)14-21(5)16-25)30-28-12-11-24(17-27(26)28)23-9-7-19(3)8-10-23/h7-12,14-18H,13H2,1-6H3. The SMILES string of the molecule is Cc1ccc(-c2ccc3nc(-c4cc(C)cc(C)c4)c(C)c(CC(C)C)c3c2)cc1. The molecule has 0 saturated heterocycles. The van der Waals surface area contributed by atoms with Gasteiger partial charge in [-0.05, 0) is 86.6 Å². The average Bonchev–Trinajstić information content (AvgIpc) is 2.69. The van der Waals surface area contributed by atoms with Crippen LogP contribution in [0, 0.1) is 33.6 Å². The van der Waals surface area contributed by atoms with E-state index in [0.29, 0.717) is 5.92 Å². The molecule has 0 bridgehead atoms. The van der Waals surface area contributed by atoms with Crippen molar-refractivity contribution in [1.29, 1.82) is 0 Å². The summed E-state index contributed by atoms with van der Waals surface area (Å²) in [5, 5.41) is 1.28. The summed E-state index contributed by atoms with van der Waals surface area (Å²) in [6, 6.07) is 22.3. The number of benzene rings is 3. The van der Waals surface area contributed by atoms with Crippen LogP contribution < -0.4 is 0 Å². The van der Waals surface area contributed by atoms with E-state index in [1.165, 1.54) is 49.9 Å². The average molecular weight is 394 g/mol. The van der Waals surface area contributed by atoms with Crippen molar-refractivity contribution in [3.63, 3.8) is 0 Å². The fourth-order valence-corrected chi connectivity index (χ4v) is 4.41. The Morgan fingerprint density at radius 1 is 0.667 bits per heavy atom. The highest BCUT2D eigenvalue weighted by Gasteiger charge is 2.16.